The molecule has 7 nitrogen and oxygen atoms in total. The number of rotatable bonds is 6. The molecular weight excluding hydrogens is 530 g/mol. The van der Waals surface area contributed by atoms with Gasteiger partial charge in [-0.15, -0.1) is 0 Å². The van der Waals surface area contributed by atoms with E-state index in [1.54, 1.807) is 78.9 Å². The summed E-state index contributed by atoms with van der Waals surface area (Å²) in [5.74, 6) is -1.44. The van der Waals surface area contributed by atoms with E-state index in [1.165, 1.54) is 4.90 Å². The lowest BCUT2D eigenvalue weighted by Crippen LogP contribution is -2.45. The van der Waals surface area contributed by atoms with Crippen molar-refractivity contribution in [1.82, 2.24) is 0 Å². The standard InChI is InChI=1S/C32H24ClNO6/c33-22-10-5-19(6-11-22)17-26(35)20-7-12-23(13-8-20)34-30(21-9-14-27-28(18-21)40-16-15-39-27)29(32(37)38)24-3-1-2-4-25(24)31(34)36/h1-14,18,29-30H,15-17H2,(H,37,38)/t29-,30+/m0/s1. The summed E-state index contributed by atoms with van der Waals surface area (Å²) in [6.07, 6.45) is 0.202. The van der Waals surface area contributed by atoms with E-state index in [4.69, 9.17) is 21.1 Å². The molecule has 8 heteroatoms. The zero-order valence-corrected chi connectivity index (χ0v) is 22.0. The zero-order chi connectivity index (χ0) is 27.8. The molecule has 2 aliphatic heterocycles. The number of amides is 1. The molecular formula is C32H24ClNO6. The third-order valence-electron chi connectivity index (χ3n) is 7.26. The molecule has 4 aromatic rings. The Morgan fingerprint density at radius 1 is 0.875 bits per heavy atom. The molecule has 6 rings (SSSR count). The predicted molar refractivity (Wildman–Crippen MR) is 150 cm³/mol. The van der Waals surface area contributed by atoms with Gasteiger partial charge in [0.2, 0.25) is 0 Å². The topological polar surface area (TPSA) is 93.1 Å². The molecule has 1 amide bonds. The highest BCUT2D eigenvalue weighted by Crippen LogP contribution is 2.46. The van der Waals surface area contributed by atoms with Gasteiger partial charge in [0.1, 0.15) is 19.1 Å². The van der Waals surface area contributed by atoms with Crippen LogP contribution < -0.4 is 14.4 Å². The minimum atomic E-state index is -1.06. The van der Waals surface area contributed by atoms with Crippen molar-refractivity contribution in [2.75, 3.05) is 18.1 Å². The number of aliphatic carboxylic acids is 1. The number of benzene rings is 4. The van der Waals surface area contributed by atoms with Crippen LogP contribution in [0.2, 0.25) is 5.02 Å². The molecule has 0 fully saturated rings. The van der Waals surface area contributed by atoms with Crippen molar-refractivity contribution < 1.29 is 29.0 Å². The summed E-state index contributed by atoms with van der Waals surface area (Å²) >= 11 is 5.95. The highest BCUT2D eigenvalue weighted by molar-refractivity contribution is 6.30. The number of halogens is 1. The van der Waals surface area contributed by atoms with Crippen LogP contribution in [0.3, 0.4) is 0 Å². The Bertz CT molecular complexity index is 1620. The quantitative estimate of drug-likeness (QED) is 0.290. The number of hydrogen-bond acceptors (Lipinski definition) is 5. The highest BCUT2D eigenvalue weighted by Gasteiger charge is 2.45. The van der Waals surface area contributed by atoms with Crippen molar-refractivity contribution in [3.8, 4) is 11.5 Å². The van der Waals surface area contributed by atoms with Gasteiger partial charge in [-0.05, 0) is 71.3 Å². The van der Waals surface area contributed by atoms with Gasteiger partial charge in [0.05, 0.1) is 6.04 Å². The van der Waals surface area contributed by atoms with Crippen LogP contribution in [-0.2, 0) is 11.2 Å². The van der Waals surface area contributed by atoms with E-state index in [1.807, 2.05) is 12.1 Å². The van der Waals surface area contributed by atoms with Crippen molar-refractivity contribution in [3.05, 3.63) is 124 Å². The first-order valence-corrected chi connectivity index (χ1v) is 13.2. The number of carbonyl (C=O) groups excluding carboxylic acids is 2. The second-order valence-corrected chi connectivity index (χ2v) is 10.1. The van der Waals surface area contributed by atoms with Gasteiger partial charge in [-0.25, -0.2) is 0 Å². The van der Waals surface area contributed by atoms with Gasteiger partial charge in [-0.2, -0.15) is 0 Å². The van der Waals surface area contributed by atoms with E-state index in [0.29, 0.717) is 57.7 Å². The number of hydrogen-bond donors (Lipinski definition) is 1. The summed E-state index contributed by atoms with van der Waals surface area (Å²) < 4.78 is 11.4. The minimum Gasteiger partial charge on any atom is -0.486 e. The summed E-state index contributed by atoms with van der Waals surface area (Å²) in [7, 11) is 0. The molecule has 0 bridgehead atoms. The summed E-state index contributed by atoms with van der Waals surface area (Å²) in [5.41, 5.74) is 3.17. The van der Waals surface area contributed by atoms with Gasteiger partial charge in [0.15, 0.2) is 17.3 Å². The second-order valence-electron chi connectivity index (χ2n) is 9.70. The Morgan fingerprint density at radius 2 is 1.57 bits per heavy atom. The van der Waals surface area contributed by atoms with Gasteiger partial charge in [-0.1, -0.05) is 48.0 Å². The first-order valence-electron chi connectivity index (χ1n) is 12.8. The summed E-state index contributed by atoms with van der Waals surface area (Å²) in [6, 6.07) is 25.0. The van der Waals surface area contributed by atoms with Crippen molar-refractivity contribution in [3.63, 3.8) is 0 Å². The van der Waals surface area contributed by atoms with Crippen molar-refractivity contribution in [2.45, 2.75) is 18.4 Å². The SMILES string of the molecule is O=C(Cc1ccc(Cl)cc1)c1ccc(N2C(=O)c3ccccc3[C@H](C(=O)O)[C@H]2c2ccc3c(c2)OCCO3)cc1. The van der Waals surface area contributed by atoms with Crippen molar-refractivity contribution >= 4 is 34.9 Å². The maximum absolute atomic E-state index is 13.9. The van der Waals surface area contributed by atoms with Crippen LogP contribution in [-0.4, -0.2) is 36.0 Å². The van der Waals surface area contributed by atoms with Gasteiger partial charge in [0.25, 0.3) is 5.91 Å². The first-order chi connectivity index (χ1) is 19.4. The van der Waals surface area contributed by atoms with Gasteiger partial charge in [-0.3, -0.25) is 19.3 Å². The Kier molecular flexibility index (Phi) is 6.74. The van der Waals surface area contributed by atoms with Crippen molar-refractivity contribution in [1.29, 1.82) is 0 Å². The molecule has 2 aliphatic rings. The van der Waals surface area contributed by atoms with Crippen LogP contribution in [0.5, 0.6) is 11.5 Å². The Morgan fingerprint density at radius 3 is 2.30 bits per heavy atom. The maximum Gasteiger partial charge on any atom is 0.313 e. The van der Waals surface area contributed by atoms with Crippen LogP contribution in [0.1, 0.15) is 49.4 Å². The van der Waals surface area contributed by atoms with Gasteiger partial charge < -0.3 is 14.6 Å². The van der Waals surface area contributed by atoms with E-state index in [-0.39, 0.29) is 18.1 Å². The molecule has 0 saturated heterocycles. The monoisotopic (exact) mass is 553 g/mol. The molecule has 1 N–H and O–H groups in total. The number of carboxylic acids is 1. The molecule has 200 valence electrons. The molecule has 40 heavy (non-hydrogen) atoms. The fraction of sp³-hybridized carbons (Fsp3) is 0.156. The summed E-state index contributed by atoms with van der Waals surface area (Å²) in [6.45, 7) is 0.801. The highest BCUT2D eigenvalue weighted by atomic mass is 35.5. The van der Waals surface area contributed by atoms with Crippen LogP contribution in [0.4, 0.5) is 5.69 Å². The number of ketones is 1. The Labute approximate surface area is 235 Å². The zero-order valence-electron chi connectivity index (χ0n) is 21.2. The van der Waals surface area contributed by atoms with Crippen LogP contribution in [0.25, 0.3) is 0 Å². The fourth-order valence-electron chi connectivity index (χ4n) is 5.37. The number of ether oxygens (including phenoxy) is 2. The molecule has 0 saturated carbocycles. The normalized spacial score (nSPS) is 17.7. The molecule has 0 aromatic heterocycles. The van der Waals surface area contributed by atoms with Crippen LogP contribution in [0, 0.1) is 0 Å². The maximum atomic E-state index is 13.9. The van der Waals surface area contributed by atoms with E-state index in [2.05, 4.69) is 0 Å². The first kappa shape index (κ1) is 25.6. The largest absolute Gasteiger partial charge is 0.486 e. The number of Topliss-reactive ketones (excluding diaryl/α,β-unsaturated/α-hetero) is 1. The smallest absolute Gasteiger partial charge is 0.313 e. The van der Waals surface area contributed by atoms with Gasteiger partial charge >= 0.3 is 5.97 Å². The Balaban J connectivity index is 1.40. The summed E-state index contributed by atoms with van der Waals surface area (Å²) in [5, 5.41) is 11.0. The second kappa shape index (κ2) is 10.5. The molecule has 0 radical (unpaired) electrons. The molecule has 2 atom stereocenters. The number of carboxylic acid groups (broad SMARTS) is 1. The predicted octanol–water partition coefficient (Wildman–Crippen LogP) is 6.11. The van der Waals surface area contributed by atoms with Crippen LogP contribution in [0.15, 0.2) is 91.0 Å². The van der Waals surface area contributed by atoms with Gasteiger partial charge in [0, 0.05) is 28.3 Å². The third kappa shape index (κ3) is 4.69. The molecule has 0 aliphatic carbocycles. The lowest BCUT2D eigenvalue weighted by molar-refractivity contribution is -0.139. The lowest BCUT2D eigenvalue weighted by Gasteiger charge is -2.41. The third-order valence-corrected chi connectivity index (χ3v) is 7.51. The van der Waals surface area contributed by atoms with E-state index < -0.39 is 17.9 Å². The Hall–Kier alpha value is -4.62. The average molecular weight is 554 g/mol. The molecule has 4 aromatic carbocycles. The number of anilines is 1. The van der Waals surface area contributed by atoms with E-state index >= 15 is 0 Å². The molecule has 0 spiro atoms. The number of nitrogens with zero attached hydrogens (tertiary/aromatic N) is 1. The van der Waals surface area contributed by atoms with E-state index in [0.717, 1.165) is 5.56 Å². The molecule has 2 heterocycles. The summed E-state index contributed by atoms with van der Waals surface area (Å²) in [4.78, 5) is 41.2. The molecule has 0 unspecified atom stereocenters. The number of fused-ring (bicyclic) bond motifs is 2. The van der Waals surface area contributed by atoms with Crippen molar-refractivity contribution in [2.24, 2.45) is 0 Å². The fourth-order valence-corrected chi connectivity index (χ4v) is 5.49. The van der Waals surface area contributed by atoms with Crippen LogP contribution >= 0.6 is 11.6 Å². The van der Waals surface area contributed by atoms with E-state index in [9.17, 15) is 19.5 Å². The average Bonchev–Trinajstić information content (AvgIpc) is 2.98. The number of carbonyl (C=O) groups is 3. The lowest BCUT2D eigenvalue weighted by atomic mass is 9.79. The minimum absolute atomic E-state index is 0.0870.